The largest absolute Gasteiger partial charge is 0.381 e. The first-order valence-electron chi connectivity index (χ1n) is 7.48. The second-order valence-corrected chi connectivity index (χ2v) is 6.09. The highest BCUT2D eigenvalue weighted by atomic mass is 32.1. The van der Waals surface area contributed by atoms with Gasteiger partial charge in [0.1, 0.15) is 0 Å². The summed E-state index contributed by atoms with van der Waals surface area (Å²) in [6.45, 7) is 3.30. The molecule has 2 saturated heterocycles. The first-order chi connectivity index (χ1) is 10.3. The third-order valence-electron chi connectivity index (χ3n) is 4.06. The van der Waals surface area contributed by atoms with E-state index in [1.54, 1.807) is 6.20 Å². The highest BCUT2D eigenvalue weighted by molar-refractivity contribution is 6.99. The maximum absolute atomic E-state index is 12.0. The standard InChI is InChI=1S/C13H21N5O2S/c19-13(16-11-3-7-20-8-4-11)15-10-1-5-18(6-2-10)12-9-14-21-17-12/h9-11H,1-8H2,(H2,15,16,19). The minimum absolute atomic E-state index is 0.0457. The Bertz CT molecular complexity index is 441. The van der Waals surface area contributed by atoms with Crippen molar-refractivity contribution in [3.05, 3.63) is 6.20 Å². The quantitative estimate of drug-likeness (QED) is 0.870. The van der Waals surface area contributed by atoms with Crippen LogP contribution in [0.5, 0.6) is 0 Å². The van der Waals surface area contributed by atoms with E-state index in [4.69, 9.17) is 4.74 Å². The van der Waals surface area contributed by atoms with Crippen molar-refractivity contribution >= 4 is 23.6 Å². The van der Waals surface area contributed by atoms with Crippen LogP contribution in [0.2, 0.25) is 0 Å². The van der Waals surface area contributed by atoms with Gasteiger partial charge >= 0.3 is 6.03 Å². The molecule has 21 heavy (non-hydrogen) atoms. The molecule has 0 radical (unpaired) electrons. The second-order valence-electron chi connectivity index (χ2n) is 5.53. The summed E-state index contributed by atoms with van der Waals surface area (Å²) in [5, 5.41) is 6.12. The van der Waals surface area contributed by atoms with Crippen molar-refractivity contribution in [1.29, 1.82) is 0 Å². The summed E-state index contributed by atoms with van der Waals surface area (Å²) in [6, 6.07) is 0.447. The number of piperidine rings is 1. The molecule has 2 aliphatic heterocycles. The molecule has 0 unspecified atom stereocenters. The molecule has 0 spiro atoms. The second kappa shape index (κ2) is 7.04. The Hall–Kier alpha value is -1.41. The molecule has 0 saturated carbocycles. The van der Waals surface area contributed by atoms with Gasteiger partial charge in [0, 0.05) is 38.4 Å². The maximum atomic E-state index is 12.0. The Morgan fingerprint density at radius 1 is 1.19 bits per heavy atom. The minimum Gasteiger partial charge on any atom is -0.381 e. The number of carbonyl (C=O) groups excluding carboxylic acids is 1. The molecule has 2 aliphatic rings. The van der Waals surface area contributed by atoms with Crippen LogP contribution in [-0.4, -0.2) is 53.2 Å². The van der Waals surface area contributed by atoms with Crippen molar-refractivity contribution in [3.63, 3.8) is 0 Å². The zero-order chi connectivity index (χ0) is 14.5. The number of anilines is 1. The average molecular weight is 311 g/mol. The summed E-state index contributed by atoms with van der Waals surface area (Å²) in [5.74, 6) is 0.949. The van der Waals surface area contributed by atoms with Crippen LogP contribution in [0, 0.1) is 0 Å². The van der Waals surface area contributed by atoms with Crippen LogP contribution in [0.4, 0.5) is 10.6 Å². The monoisotopic (exact) mass is 311 g/mol. The lowest BCUT2D eigenvalue weighted by atomic mass is 10.1. The third-order valence-corrected chi connectivity index (χ3v) is 4.53. The lowest BCUT2D eigenvalue weighted by Gasteiger charge is -2.32. The molecule has 8 heteroatoms. The topological polar surface area (TPSA) is 79.4 Å². The summed E-state index contributed by atoms with van der Waals surface area (Å²) in [6.07, 6.45) is 5.50. The van der Waals surface area contributed by atoms with E-state index in [1.165, 1.54) is 11.7 Å². The normalized spacial score (nSPS) is 21.2. The molecule has 1 aromatic rings. The summed E-state index contributed by atoms with van der Waals surface area (Å²) < 4.78 is 13.6. The van der Waals surface area contributed by atoms with Gasteiger partial charge in [-0.25, -0.2) is 4.79 Å². The van der Waals surface area contributed by atoms with E-state index in [0.717, 1.165) is 57.8 Å². The Morgan fingerprint density at radius 2 is 1.86 bits per heavy atom. The van der Waals surface area contributed by atoms with Crippen molar-refractivity contribution in [3.8, 4) is 0 Å². The van der Waals surface area contributed by atoms with Gasteiger partial charge in [-0.15, -0.1) is 0 Å². The van der Waals surface area contributed by atoms with Crippen molar-refractivity contribution < 1.29 is 9.53 Å². The number of amides is 2. The van der Waals surface area contributed by atoms with E-state index in [2.05, 4.69) is 24.3 Å². The van der Waals surface area contributed by atoms with Crippen LogP contribution in [0.25, 0.3) is 0 Å². The number of hydrogen-bond donors (Lipinski definition) is 2. The maximum Gasteiger partial charge on any atom is 0.315 e. The molecule has 3 rings (SSSR count). The molecule has 116 valence electrons. The fourth-order valence-corrected chi connectivity index (χ4v) is 3.24. The molecule has 2 N–H and O–H groups in total. The van der Waals surface area contributed by atoms with E-state index in [0.29, 0.717) is 0 Å². The molecule has 0 aliphatic carbocycles. The van der Waals surface area contributed by atoms with Crippen LogP contribution in [0.3, 0.4) is 0 Å². The third kappa shape index (κ3) is 4.04. The molecule has 0 aromatic carbocycles. The number of nitrogens with one attached hydrogen (secondary N) is 2. The zero-order valence-corrected chi connectivity index (χ0v) is 12.8. The Kier molecular flexibility index (Phi) is 4.87. The van der Waals surface area contributed by atoms with E-state index >= 15 is 0 Å². The number of rotatable bonds is 3. The van der Waals surface area contributed by atoms with Crippen LogP contribution < -0.4 is 15.5 Å². The Labute approximate surface area is 128 Å². The average Bonchev–Trinajstić information content (AvgIpc) is 3.03. The number of aromatic nitrogens is 2. The summed E-state index contributed by atoms with van der Waals surface area (Å²) in [4.78, 5) is 14.2. The number of hydrogen-bond acceptors (Lipinski definition) is 6. The van der Waals surface area contributed by atoms with Gasteiger partial charge in [-0.05, 0) is 25.7 Å². The van der Waals surface area contributed by atoms with Gasteiger partial charge in [-0.3, -0.25) is 0 Å². The summed E-state index contributed by atoms with van der Waals surface area (Å²) in [5.41, 5.74) is 0. The van der Waals surface area contributed by atoms with E-state index < -0.39 is 0 Å². The molecular formula is C13H21N5O2S. The smallest absolute Gasteiger partial charge is 0.315 e. The van der Waals surface area contributed by atoms with Crippen LogP contribution in [-0.2, 0) is 4.74 Å². The minimum atomic E-state index is -0.0457. The highest BCUT2D eigenvalue weighted by Crippen LogP contribution is 2.17. The number of urea groups is 1. The van der Waals surface area contributed by atoms with Crippen molar-refractivity contribution in [1.82, 2.24) is 19.4 Å². The van der Waals surface area contributed by atoms with Crippen molar-refractivity contribution in [2.75, 3.05) is 31.2 Å². The molecular weight excluding hydrogens is 290 g/mol. The van der Waals surface area contributed by atoms with Gasteiger partial charge < -0.3 is 20.3 Å². The van der Waals surface area contributed by atoms with Gasteiger partial charge in [0.15, 0.2) is 5.82 Å². The van der Waals surface area contributed by atoms with Crippen molar-refractivity contribution in [2.45, 2.75) is 37.8 Å². The first-order valence-corrected chi connectivity index (χ1v) is 8.21. The fourth-order valence-electron chi connectivity index (χ4n) is 2.81. The lowest BCUT2D eigenvalue weighted by Crippen LogP contribution is -2.51. The molecule has 3 heterocycles. The first kappa shape index (κ1) is 14.5. The Morgan fingerprint density at radius 3 is 2.48 bits per heavy atom. The van der Waals surface area contributed by atoms with Gasteiger partial charge in [0.2, 0.25) is 0 Å². The van der Waals surface area contributed by atoms with E-state index in [1.807, 2.05) is 0 Å². The van der Waals surface area contributed by atoms with Crippen LogP contribution >= 0.6 is 11.7 Å². The van der Waals surface area contributed by atoms with Crippen molar-refractivity contribution in [2.24, 2.45) is 0 Å². The summed E-state index contributed by atoms with van der Waals surface area (Å²) in [7, 11) is 0. The van der Waals surface area contributed by atoms with Gasteiger partial charge in [-0.1, -0.05) is 0 Å². The molecule has 0 bridgehead atoms. The lowest BCUT2D eigenvalue weighted by molar-refractivity contribution is 0.0799. The molecule has 0 atom stereocenters. The molecule has 1 aromatic heterocycles. The van der Waals surface area contributed by atoms with E-state index in [9.17, 15) is 4.79 Å². The van der Waals surface area contributed by atoms with E-state index in [-0.39, 0.29) is 18.1 Å². The van der Waals surface area contributed by atoms with Gasteiger partial charge in [0.05, 0.1) is 17.9 Å². The van der Waals surface area contributed by atoms with Gasteiger partial charge in [-0.2, -0.15) is 8.75 Å². The number of ether oxygens (including phenoxy) is 1. The van der Waals surface area contributed by atoms with Crippen LogP contribution in [0.15, 0.2) is 6.20 Å². The SMILES string of the molecule is O=C(NC1CCOCC1)NC1CCN(c2cnsn2)CC1. The molecule has 2 fully saturated rings. The Balaban J connectivity index is 1.39. The summed E-state index contributed by atoms with van der Waals surface area (Å²) >= 11 is 1.23. The highest BCUT2D eigenvalue weighted by Gasteiger charge is 2.23. The van der Waals surface area contributed by atoms with Crippen LogP contribution in [0.1, 0.15) is 25.7 Å². The predicted octanol–water partition coefficient (Wildman–Crippen LogP) is 0.985. The number of nitrogens with zero attached hydrogens (tertiary/aromatic N) is 3. The number of carbonyl (C=O) groups is 1. The molecule has 2 amide bonds. The zero-order valence-electron chi connectivity index (χ0n) is 12.0. The fraction of sp³-hybridized carbons (Fsp3) is 0.769. The molecule has 7 nitrogen and oxygen atoms in total. The van der Waals surface area contributed by atoms with Gasteiger partial charge in [0.25, 0.3) is 0 Å². The predicted molar refractivity (Wildman–Crippen MR) is 80.7 cm³/mol.